The Hall–Kier alpha value is -3.62. The van der Waals surface area contributed by atoms with Gasteiger partial charge in [-0.2, -0.15) is 0 Å². The number of benzene rings is 2. The van der Waals surface area contributed by atoms with E-state index in [1.165, 1.54) is 19.2 Å². The molecule has 3 amide bonds. The zero-order valence-electron chi connectivity index (χ0n) is 20.2. The summed E-state index contributed by atoms with van der Waals surface area (Å²) in [4.78, 5) is 39.4. The van der Waals surface area contributed by atoms with E-state index in [-0.39, 0.29) is 54.3 Å². The number of nitrogens with one attached hydrogen (secondary N) is 2. The highest BCUT2D eigenvalue weighted by Crippen LogP contribution is 2.63. The predicted molar refractivity (Wildman–Crippen MR) is 129 cm³/mol. The molecule has 0 spiro atoms. The third-order valence-electron chi connectivity index (χ3n) is 7.55. The molecule has 8 nitrogen and oxygen atoms in total. The molecule has 9 heteroatoms. The van der Waals surface area contributed by atoms with Gasteiger partial charge in [0.15, 0.2) is 0 Å². The average Bonchev–Trinajstić information content (AvgIpc) is 3.21. The molecule has 1 aliphatic heterocycles. The first-order valence-electron chi connectivity index (χ1n) is 12.2. The summed E-state index contributed by atoms with van der Waals surface area (Å²) >= 11 is 0. The number of urea groups is 1. The fraction of sp³-hybridized carbons (Fsp3) is 0.444. The van der Waals surface area contributed by atoms with Crippen LogP contribution in [0.1, 0.15) is 49.3 Å². The van der Waals surface area contributed by atoms with Gasteiger partial charge in [0.05, 0.1) is 19.6 Å². The van der Waals surface area contributed by atoms with Crippen LogP contribution in [-0.2, 0) is 20.7 Å². The van der Waals surface area contributed by atoms with Crippen molar-refractivity contribution in [3.8, 4) is 5.75 Å². The van der Waals surface area contributed by atoms with Crippen molar-refractivity contribution >= 4 is 17.9 Å². The number of nitrogens with zero attached hydrogens (tertiary/aromatic N) is 1. The summed E-state index contributed by atoms with van der Waals surface area (Å²) in [7, 11) is 1.32. The molecule has 1 heterocycles. The minimum Gasteiger partial charge on any atom is -0.491 e. The van der Waals surface area contributed by atoms with Gasteiger partial charge in [0.2, 0.25) is 5.91 Å². The van der Waals surface area contributed by atoms with Crippen LogP contribution in [0, 0.1) is 5.82 Å². The highest BCUT2D eigenvalue weighted by atomic mass is 19.1. The summed E-state index contributed by atoms with van der Waals surface area (Å²) in [5.41, 5.74) is 1.25. The lowest BCUT2D eigenvalue weighted by molar-refractivity contribution is -0.187. The molecule has 3 saturated carbocycles. The summed E-state index contributed by atoms with van der Waals surface area (Å²) in [6.07, 6.45) is 2.90. The second-order valence-electron chi connectivity index (χ2n) is 10.0. The predicted octanol–water partition coefficient (Wildman–Crippen LogP) is 3.26. The van der Waals surface area contributed by atoms with Gasteiger partial charge in [-0.25, -0.2) is 9.18 Å². The van der Waals surface area contributed by atoms with Crippen LogP contribution in [0.15, 0.2) is 48.5 Å². The Morgan fingerprint density at radius 3 is 2.58 bits per heavy atom. The zero-order chi connectivity index (χ0) is 25.3. The Balaban J connectivity index is 1.18. The number of hydrogen-bond acceptors (Lipinski definition) is 5. The number of hydrogen-bond donors (Lipinski definition) is 2. The highest BCUT2D eigenvalue weighted by molar-refractivity contribution is 5.83. The molecule has 36 heavy (non-hydrogen) atoms. The molecule has 0 aromatic heterocycles. The Kier molecular flexibility index (Phi) is 6.32. The van der Waals surface area contributed by atoms with Crippen molar-refractivity contribution in [2.45, 2.75) is 55.6 Å². The van der Waals surface area contributed by atoms with E-state index >= 15 is 0 Å². The van der Waals surface area contributed by atoms with Crippen molar-refractivity contribution in [3.63, 3.8) is 0 Å². The van der Waals surface area contributed by atoms with Crippen LogP contribution in [0.25, 0.3) is 0 Å². The van der Waals surface area contributed by atoms with E-state index in [9.17, 15) is 18.8 Å². The third-order valence-corrected chi connectivity index (χ3v) is 7.55. The molecule has 1 atom stereocenters. The number of fused-ring (bicyclic) bond motifs is 1. The molecule has 2 bridgehead atoms. The SMILES string of the molecule is COC(=O)CCC(=O)N(CCc1ccccc1)C12CC(NC(=O)N[C@H]3COc4cc(F)ccc43)(C1)C2. The quantitative estimate of drug-likeness (QED) is 0.521. The first kappa shape index (κ1) is 24.1. The van der Waals surface area contributed by atoms with Gasteiger partial charge in [-0.05, 0) is 37.3 Å². The molecule has 6 rings (SSSR count). The second kappa shape index (κ2) is 9.44. The second-order valence-corrected chi connectivity index (χ2v) is 10.0. The number of esters is 1. The van der Waals surface area contributed by atoms with Gasteiger partial charge in [0.25, 0.3) is 0 Å². The van der Waals surface area contributed by atoms with Crippen LogP contribution in [0.2, 0.25) is 0 Å². The van der Waals surface area contributed by atoms with Crippen LogP contribution in [0.4, 0.5) is 9.18 Å². The van der Waals surface area contributed by atoms with Crippen molar-refractivity contribution < 1.29 is 28.2 Å². The van der Waals surface area contributed by atoms with Crippen molar-refractivity contribution in [1.29, 1.82) is 0 Å². The first-order valence-corrected chi connectivity index (χ1v) is 12.2. The molecule has 2 aromatic rings. The van der Waals surface area contributed by atoms with Crippen LogP contribution in [0.5, 0.6) is 5.75 Å². The van der Waals surface area contributed by atoms with Crippen molar-refractivity contribution in [2.24, 2.45) is 0 Å². The molecule has 3 fully saturated rings. The topological polar surface area (TPSA) is 97.0 Å². The molecular formula is C27H30FN3O5. The monoisotopic (exact) mass is 495 g/mol. The van der Waals surface area contributed by atoms with Crippen LogP contribution in [0.3, 0.4) is 0 Å². The lowest BCUT2D eigenvalue weighted by Crippen LogP contribution is -2.84. The summed E-state index contributed by atoms with van der Waals surface area (Å²) in [5, 5.41) is 6.01. The summed E-state index contributed by atoms with van der Waals surface area (Å²) in [6.45, 7) is 0.810. The van der Waals surface area contributed by atoms with Crippen LogP contribution >= 0.6 is 0 Å². The molecular weight excluding hydrogens is 465 g/mol. The minimum absolute atomic E-state index is 0.0495. The van der Waals surface area contributed by atoms with Gasteiger partial charge in [0, 0.05) is 35.7 Å². The van der Waals surface area contributed by atoms with Gasteiger partial charge in [-0.15, -0.1) is 0 Å². The van der Waals surface area contributed by atoms with Crippen LogP contribution < -0.4 is 15.4 Å². The molecule has 2 aromatic carbocycles. The fourth-order valence-corrected chi connectivity index (χ4v) is 5.85. The fourth-order valence-electron chi connectivity index (χ4n) is 5.85. The number of methoxy groups -OCH3 is 1. The van der Waals surface area contributed by atoms with E-state index in [0.29, 0.717) is 31.6 Å². The van der Waals surface area contributed by atoms with E-state index in [1.807, 2.05) is 35.2 Å². The maximum atomic E-state index is 13.4. The molecule has 3 aliphatic carbocycles. The molecule has 0 saturated heterocycles. The van der Waals surface area contributed by atoms with Crippen molar-refractivity contribution in [1.82, 2.24) is 15.5 Å². The molecule has 2 N–H and O–H groups in total. The normalized spacial score (nSPS) is 24.9. The van der Waals surface area contributed by atoms with E-state index in [2.05, 4.69) is 10.6 Å². The molecule has 0 unspecified atom stereocenters. The van der Waals surface area contributed by atoms with E-state index in [1.54, 1.807) is 6.07 Å². The third kappa shape index (κ3) is 4.62. The smallest absolute Gasteiger partial charge is 0.315 e. The van der Waals surface area contributed by atoms with E-state index in [4.69, 9.17) is 9.47 Å². The first-order chi connectivity index (χ1) is 17.3. The molecule has 190 valence electrons. The Labute approximate surface area is 209 Å². The Morgan fingerprint density at radius 1 is 1.11 bits per heavy atom. The number of amides is 3. The summed E-state index contributed by atoms with van der Waals surface area (Å²) in [5.74, 6) is -0.403. The lowest BCUT2D eigenvalue weighted by Gasteiger charge is -2.73. The largest absolute Gasteiger partial charge is 0.491 e. The molecule has 4 aliphatic rings. The molecule has 0 radical (unpaired) electrons. The number of rotatable bonds is 9. The van der Waals surface area contributed by atoms with E-state index in [0.717, 1.165) is 17.5 Å². The van der Waals surface area contributed by atoms with E-state index < -0.39 is 5.97 Å². The number of halogens is 1. The van der Waals surface area contributed by atoms with Crippen molar-refractivity contribution in [3.05, 3.63) is 65.5 Å². The summed E-state index contributed by atoms with van der Waals surface area (Å²) < 4.78 is 23.6. The number of carbonyl (C=O) groups is 3. The standard InChI is InChI=1S/C27H30FN3O5/c1-35-24(33)10-9-23(32)31(12-11-18-5-3-2-4-6-18)27-15-26(16-27,17-27)30-25(34)29-21-14-36-22-13-19(28)7-8-20(21)22/h2-8,13,21H,9-12,14-17H2,1H3,(H2,29,30,34)/t21-,26?,27?/m0/s1. The van der Waals surface area contributed by atoms with Gasteiger partial charge < -0.3 is 25.0 Å². The van der Waals surface area contributed by atoms with Crippen LogP contribution in [-0.4, -0.2) is 54.1 Å². The maximum Gasteiger partial charge on any atom is 0.315 e. The number of carbonyl (C=O) groups excluding carboxylic acids is 3. The number of ether oxygens (including phenoxy) is 2. The Bertz CT molecular complexity index is 1150. The summed E-state index contributed by atoms with van der Waals surface area (Å²) in [6, 6.07) is 13.6. The van der Waals surface area contributed by atoms with Gasteiger partial charge >= 0.3 is 12.0 Å². The Morgan fingerprint density at radius 2 is 1.86 bits per heavy atom. The zero-order valence-corrected chi connectivity index (χ0v) is 20.2. The minimum atomic E-state index is -0.404. The highest BCUT2D eigenvalue weighted by Gasteiger charge is 2.71. The lowest BCUT2D eigenvalue weighted by atomic mass is 9.43. The van der Waals surface area contributed by atoms with Crippen molar-refractivity contribution in [2.75, 3.05) is 20.3 Å². The maximum absolute atomic E-state index is 13.4. The van der Waals surface area contributed by atoms with Gasteiger partial charge in [0.1, 0.15) is 18.2 Å². The van der Waals surface area contributed by atoms with Gasteiger partial charge in [-0.1, -0.05) is 36.4 Å². The van der Waals surface area contributed by atoms with Gasteiger partial charge in [-0.3, -0.25) is 9.59 Å². The average molecular weight is 496 g/mol.